The van der Waals surface area contributed by atoms with Crippen LogP contribution in [0, 0.1) is 0 Å². The summed E-state index contributed by atoms with van der Waals surface area (Å²) in [5, 5.41) is 11.4. The average molecular weight is 485 g/mol. The summed E-state index contributed by atoms with van der Waals surface area (Å²) in [6, 6.07) is 4.60. The molecule has 1 aromatic carbocycles. The summed E-state index contributed by atoms with van der Waals surface area (Å²) in [6.45, 7) is 3.62. The fraction of sp³-hybridized carbons (Fsp3) is 0.478. The molecule has 0 saturated carbocycles. The average Bonchev–Trinajstić information content (AvgIpc) is 3.30. The molecular weight excluding hydrogens is 461 g/mol. The lowest BCUT2D eigenvalue weighted by Gasteiger charge is -2.38. The summed E-state index contributed by atoms with van der Waals surface area (Å²) in [5.41, 5.74) is -2.53. The highest BCUT2D eigenvalue weighted by Crippen LogP contribution is 2.47. The number of carbonyl (C=O) groups is 2. The number of hydrogen-bond donors (Lipinski definition) is 2. The number of aliphatic hydroxyl groups is 1. The Morgan fingerprint density at radius 2 is 1.91 bits per heavy atom. The van der Waals surface area contributed by atoms with Gasteiger partial charge in [0.05, 0.1) is 18.6 Å². The Hall–Kier alpha value is -2.52. The second-order valence-corrected chi connectivity index (χ2v) is 9.86. The summed E-state index contributed by atoms with van der Waals surface area (Å²) >= 11 is 6.21. The second kappa shape index (κ2) is 7.77. The van der Waals surface area contributed by atoms with E-state index in [2.05, 4.69) is 4.98 Å². The molecule has 0 saturated heterocycles. The quantitative estimate of drug-likeness (QED) is 0.629. The molecule has 0 bridgehead atoms. The standard InChI is InChI=1S/C23H24ClF3N2O4/c1-21(2,16-7-13(24)6-12-4-5-33-19(12)16)11-22(32,23(25,26)27)10-14-8-15-17(28-14)9-18(30)29(3)20(15)31/h6-8,28,32H,4-5,9-11H2,1-3H3. The maximum absolute atomic E-state index is 14.2. The third-order valence-electron chi connectivity index (χ3n) is 6.41. The van der Waals surface area contributed by atoms with Crippen molar-refractivity contribution >= 4 is 23.4 Å². The lowest BCUT2D eigenvalue weighted by Crippen LogP contribution is -2.51. The molecule has 2 aliphatic rings. The van der Waals surface area contributed by atoms with Gasteiger partial charge in [-0.25, -0.2) is 0 Å². The molecule has 1 atom stereocenters. The minimum absolute atomic E-state index is 0.0275. The number of carbonyl (C=O) groups excluding carboxylic acids is 2. The Morgan fingerprint density at radius 3 is 2.58 bits per heavy atom. The monoisotopic (exact) mass is 484 g/mol. The number of rotatable bonds is 5. The number of halogens is 4. The highest BCUT2D eigenvalue weighted by atomic mass is 35.5. The third kappa shape index (κ3) is 4.12. The first-order chi connectivity index (χ1) is 15.2. The van der Waals surface area contributed by atoms with Crippen LogP contribution in [0.5, 0.6) is 5.75 Å². The highest BCUT2D eigenvalue weighted by Gasteiger charge is 2.56. The number of likely N-dealkylation sites (N-methyl/N-ethyl adjacent to an activating group) is 1. The minimum Gasteiger partial charge on any atom is -0.493 e. The number of nitrogens with one attached hydrogen (secondary N) is 1. The van der Waals surface area contributed by atoms with Crippen LogP contribution in [0.2, 0.25) is 5.02 Å². The number of aromatic amines is 1. The fourth-order valence-electron chi connectivity index (χ4n) is 4.72. The molecule has 33 heavy (non-hydrogen) atoms. The van der Waals surface area contributed by atoms with Crippen molar-refractivity contribution in [2.24, 2.45) is 0 Å². The normalized spacial score (nSPS) is 18.1. The molecule has 10 heteroatoms. The summed E-state index contributed by atoms with van der Waals surface area (Å²) in [4.78, 5) is 27.9. The Bertz CT molecular complexity index is 1140. The van der Waals surface area contributed by atoms with Gasteiger partial charge in [-0.2, -0.15) is 13.2 Å². The number of hydrogen-bond acceptors (Lipinski definition) is 4. The first kappa shape index (κ1) is 23.6. The SMILES string of the molecule is CN1C(=O)Cc2[nH]c(CC(O)(CC(C)(C)c3cc(Cl)cc4c3OCC4)C(F)(F)F)cc2C1=O. The van der Waals surface area contributed by atoms with Gasteiger partial charge in [0.1, 0.15) is 5.75 Å². The summed E-state index contributed by atoms with van der Waals surface area (Å²) in [6.07, 6.45) is -5.95. The van der Waals surface area contributed by atoms with E-state index < -0.39 is 41.8 Å². The molecule has 178 valence electrons. The molecule has 4 rings (SSSR count). The number of H-pyrrole nitrogens is 1. The zero-order chi connectivity index (χ0) is 24.3. The van der Waals surface area contributed by atoms with E-state index in [4.69, 9.17) is 16.3 Å². The number of nitrogens with zero attached hydrogens (tertiary/aromatic N) is 1. The molecule has 2 aromatic rings. The predicted octanol–water partition coefficient (Wildman–Crippen LogP) is 3.96. The van der Waals surface area contributed by atoms with E-state index in [0.29, 0.717) is 29.4 Å². The van der Waals surface area contributed by atoms with Crippen molar-refractivity contribution in [3.63, 3.8) is 0 Å². The van der Waals surface area contributed by atoms with E-state index in [0.717, 1.165) is 10.5 Å². The van der Waals surface area contributed by atoms with Gasteiger partial charge < -0.3 is 14.8 Å². The van der Waals surface area contributed by atoms with Gasteiger partial charge in [-0.3, -0.25) is 14.5 Å². The van der Waals surface area contributed by atoms with Crippen LogP contribution in [0.15, 0.2) is 18.2 Å². The highest BCUT2D eigenvalue weighted by molar-refractivity contribution is 6.30. The van der Waals surface area contributed by atoms with Gasteiger partial charge in [-0.15, -0.1) is 0 Å². The number of fused-ring (bicyclic) bond motifs is 2. The van der Waals surface area contributed by atoms with Crippen molar-refractivity contribution in [2.45, 2.75) is 56.7 Å². The van der Waals surface area contributed by atoms with Crippen molar-refractivity contribution in [3.05, 3.63) is 51.3 Å². The first-order valence-electron chi connectivity index (χ1n) is 10.5. The van der Waals surface area contributed by atoms with Gasteiger partial charge in [0.15, 0.2) is 5.60 Å². The van der Waals surface area contributed by atoms with E-state index in [1.165, 1.54) is 13.1 Å². The number of alkyl halides is 3. The minimum atomic E-state index is -4.96. The Labute approximate surface area is 193 Å². The van der Waals surface area contributed by atoms with Gasteiger partial charge in [-0.05, 0) is 35.6 Å². The Morgan fingerprint density at radius 1 is 1.21 bits per heavy atom. The van der Waals surface area contributed by atoms with Gasteiger partial charge in [0.25, 0.3) is 5.91 Å². The molecule has 1 aromatic heterocycles. The maximum Gasteiger partial charge on any atom is 0.417 e. The molecule has 2 aliphatic heterocycles. The third-order valence-corrected chi connectivity index (χ3v) is 6.63. The van der Waals surface area contributed by atoms with Gasteiger partial charge in [-0.1, -0.05) is 25.4 Å². The van der Waals surface area contributed by atoms with Crippen LogP contribution in [0.4, 0.5) is 13.2 Å². The number of imide groups is 1. The molecule has 2 amide bonds. The van der Waals surface area contributed by atoms with Crippen LogP contribution in [0.25, 0.3) is 0 Å². The molecule has 0 aliphatic carbocycles. The molecule has 0 radical (unpaired) electrons. The largest absolute Gasteiger partial charge is 0.493 e. The number of ether oxygens (including phenoxy) is 1. The lowest BCUT2D eigenvalue weighted by atomic mass is 9.73. The fourth-order valence-corrected chi connectivity index (χ4v) is 4.96. The first-order valence-corrected chi connectivity index (χ1v) is 10.9. The molecular formula is C23H24ClF3N2O4. The van der Waals surface area contributed by atoms with E-state index in [-0.39, 0.29) is 23.4 Å². The smallest absolute Gasteiger partial charge is 0.417 e. The van der Waals surface area contributed by atoms with E-state index in [1.54, 1.807) is 26.0 Å². The van der Waals surface area contributed by atoms with Crippen LogP contribution >= 0.6 is 11.6 Å². The molecule has 2 N–H and O–H groups in total. The van der Waals surface area contributed by atoms with Crippen molar-refractivity contribution in [2.75, 3.05) is 13.7 Å². The zero-order valence-electron chi connectivity index (χ0n) is 18.4. The van der Waals surface area contributed by atoms with Crippen molar-refractivity contribution in [1.82, 2.24) is 9.88 Å². The molecule has 6 nitrogen and oxygen atoms in total. The molecule has 3 heterocycles. The van der Waals surface area contributed by atoms with Crippen LogP contribution in [-0.2, 0) is 29.5 Å². The van der Waals surface area contributed by atoms with Crippen molar-refractivity contribution in [1.29, 1.82) is 0 Å². The number of amides is 2. The van der Waals surface area contributed by atoms with Crippen LogP contribution in [-0.4, -0.2) is 52.2 Å². The van der Waals surface area contributed by atoms with Crippen LogP contribution in [0.1, 0.15) is 53.1 Å². The van der Waals surface area contributed by atoms with Gasteiger partial charge >= 0.3 is 6.18 Å². The topological polar surface area (TPSA) is 82.6 Å². The second-order valence-electron chi connectivity index (χ2n) is 9.43. The Kier molecular flexibility index (Phi) is 5.56. The van der Waals surface area contributed by atoms with Crippen LogP contribution < -0.4 is 4.74 Å². The van der Waals surface area contributed by atoms with Crippen molar-refractivity contribution in [3.8, 4) is 5.75 Å². The number of benzene rings is 1. The molecule has 0 spiro atoms. The summed E-state index contributed by atoms with van der Waals surface area (Å²) in [7, 11) is 1.32. The van der Waals surface area contributed by atoms with E-state index in [9.17, 15) is 27.9 Å². The number of aromatic nitrogens is 1. The van der Waals surface area contributed by atoms with Gasteiger partial charge in [0, 0.05) is 41.9 Å². The van der Waals surface area contributed by atoms with Gasteiger partial charge in [0.2, 0.25) is 5.91 Å². The summed E-state index contributed by atoms with van der Waals surface area (Å²) in [5.74, 6) is -0.536. The molecule has 0 fully saturated rings. The predicted molar refractivity (Wildman–Crippen MR) is 115 cm³/mol. The van der Waals surface area contributed by atoms with Crippen LogP contribution in [0.3, 0.4) is 0 Å². The van der Waals surface area contributed by atoms with Crippen molar-refractivity contribution < 1.29 is 32.6 Å². The zero-order valence-corrected chi connectivity index (χ0v) is 19.2. The lowest BCUT2D eigenvalue weighted by molar-refractivity contribution is -0.266. The maximum atomic E-state index is 14.2. The van der Waals surface area contributed by atoms with E-state index in [1.807, 2.05) is 0 Å². The molecule has 1 unspecified atom stereocenters. The summed E-state index contributed by atoms with van der Waals surface area (Å²) < 4.78 is 48.3. The Balaban J connectivity index is 1.69. The van der Waals surface area contributed by atoms with E-state index >= 15 is 0 Å².